The van der Waals surface area contributed by atoms with E-state index in [1.54, 1.807) is 39.8 Å². The average Bonchev–Trinajstić information content (AvgIpc) is 1.49. The number of benzene rings is 1. The summed E-state index contributed by atoms with van der Waals surface area (Å²) in [5.41, 5.74) is -4.99. The number of hydrogen-bond acceptors (Lipinski definition) is 24. The molecule has 13 aliphatic heterocycles. The first-order chi connectivity index (χ1) is 47.9. The molecular weight excluding hydrogens is 1520 g/mol. The van der Waals surface area contributed by atoms with Gasteiger partial charge in [0.05, 0.1) is 93.1 Å². The van der Waals surface area contributed by atoms with E-state index >= 15 is 38.4 Å². The zero-order valence-corrected chi connectivity index (χ0v) is 71.1. The van der Waals surface area contributed by atoms with E-state index in [2.05, 4.69) is 0 Å². The number of hydrogen-bond donors (Lipinski definition) is 0. The Morgan fingerprint density at radius 2 is 0.557 bits per heavy atom. The number of ether oxygens (including phenoxy) is 4. The van der Waals surface area contributed by atoms with E-state index in [4.69, 9.17) is 18.9 Å². The van der Waals surface area contributed by atoms with Crippen LogP contribution < -0.4 is 128 Å². The first-order valence-corrected chi connectivity index (χ1v) is 39.8. The molecule has 0 N–H and O–H groups in total. The van der Waals surface area contributed by atoms with E-state index in [1.165, 1.54) is 78.4 Å². The third kappa shape index (κ3) is 12.8. The fourth-order valence-electron chi connectivity index (χ4n) is 17.7. The monoisotopic (exact) mass is 1600 g/mol. The predicted octanol–water partition coefficient (Wildman–Crippen LogP) is -12.0. The zero-order valence-electron chi connectivity index (χ0n) is 59.8. The van der Waals surface area contributed by atoms with E-state index in [-0.39, 0.29) is 247 Å². The molecule has 0 radical (unpaired) electrons. The maximum absolute atomic E-state index is 15.7. The molecule has 12 fully saturated rings. The van der Waals surface area contributed by atoms with E-state index in [0.29, 0.717) is 33.8 Å². The normalized spacial score (nSPS) is 28.8. The Morgan fingerprint density at radius 3 is 0.811 bits per heavy atom. The number of nitrogens with zero attached hydrogens (tertiary/aromatic N) is 16. The van der Waals surface area contributed by atoms with Crippen LogP contribution in [0, 0.1) is 0 Å². The largest absolute Gasteiger partial charge is 1.00 e. The van der Waals surface area contributed by atoms with Crippen molar-refractivity contribution in [1.29, 1.82) is 0 Å². The summed E-state index contributed by atoms with van der Waals surface area (Å²) in [6, 6.07) is -2.48. The van der Waals surface area contributed by atoms with E-state index in [9.17, 15) is 51.9 Å². The van der Waals surface area contributed by atoms with Crippen LogP contribution in [0.1, 0.15) is 103 Å². The molecular formula is C58H74N16Na4O24S4. The van der Waals surface area contributed by atoms with Crippen molar-refractivity contribution in [1.82, 2.24) is 78.4 Å². The number of carbonyl (C=O) groups excluding carboxylic acids is 8. The fourth-order valence-corrected chi connectivity index (χ4v) is 20.0. The Balaban J connectivity index is 0.00000280. The molecule has 15 rings (SSSR count). The average molecular weight is 1600 g/mol. The molecule has 0 unspecified atom stereocenters. The Bertz CT molecular complexity index is 4180. The first-order valence-electron chi connectivity index (χ1n) is 33.4. The molecule has 40 nitrogen and oxygen atoms in total. The van der Waals surface area contributed by atoms with Crippen molar-refractivity contribution in [2.24, 2.45) is 0 Å². The van der Waals surface area contributed by atoms with Gasteiger partial charge in [-0.05, 0) is 91.2 Å². The number of carbonyl (C=O) groups is 8. The number of allylic oxidation sites excluding steroid dienone is 2. The molecule has 0 aromatic heterocycles. The third-order valence-electron chi connectivity index (χ3n) is 23.1. The van der Waals surface area contributed by atoms with Gasteiger partial charge in [0.25, 0.3) is 0 Å². The summed E-state index contributed by atoms with van der Waals surface area (Å²) in [6.45, 7) is 2.26. The summed E-state index contributed by atoms with van der Waals surface area (Å²) < 4.78 is 162. The summed E-state index contributed by atoms with van der Waals surface area (Å²) in [5.74, 6) is -1.30. The van der Waals surface area contributed by atoms with Gasteiger partial charge in [0.2, 0.25) is 0 Å². The van der Waals surface area contributed by atoms with Crippen LogP contribution in [0.5, 0.6) is 11.5 Å². The van der Waals surface area contributed by atoms with Gasteiger partial charge in [-0.1, -0.05) is 0 Å². The smallest absolute Gasteiger partial charge is 0.748 e. The Hall–Kier alpha value is -4.30. The van der Waals surface area contributed by atoms with Crippen molar-refractivity contribution in [2.75, 3.05) is 103 Å². The standard InChI is InChI=1S/C58H78N16O24S4.4Na/c1-55-57(3)71-31-63-45-43-59(47(63)75)29-61-44-46-65(49(61)77)33-73-53(81)69-27-37-38(42(98-20-8-12-24-102(92,93)94)16-15-41(37)97-19-7-11-23-101(89,90)91)28-70-54(82)74(58(73,4)56(69,70)2)34-66(46)50(78)62(44)30-60(43)48(76)64(45)32-72(57)52(80)68(55)26-36-35(25-67(55)51(71)79)39(95-17-5-9-21-99(83,84)85)13-14-40(36)96-18-6-10-22-100(86,87)88;;;;/h13-14,43-46H,5-12,15-34H2,1-4H3,(H,83,84,85)(H,86,87,88)(H,89,90,91)(H,92,93,94);;;;/q;4*+1/p-4. The minimum atomic E-state index is -4.53. The van der Waals surface area contributed by atoms with Gasteiger partial charge in [-0.15, -0.1) is 0 Å². The van der Waals surface area contributed by atoms with Gasteiger partial charge in [0.1, 0.15) is 63.0 Å². The molecule has 0 atom stereocenters. The molecule has 0 bridgehead atoms. The van der Waals surface area contributed by atoms with Gasteiger partial charge < -0.3 is 37.2 Å². The van der Waals surface area contributed by atoms with Gasteiger partial charge in [0, 0.05) is 58.1 Å². The Labute approximate surface area is 699 Å². The Kier molecular flexibility index (Phi) is 22.6. The Morgan fingerprint density at radius 1 is 0.330 bits per heavy atom. The number of urea groups is 8. The van der Waals surface area contributed by atoms with Crippen LogP contribution in [0.15, 0.2) is 34.8 Å². The number of rotatable bonds is 24. The van der Waals surface area contributed by atoms with Gasteiger partial charge >= 0.3 is 166 Å². The predicted molar refractivity (Wildman–Crippen MR) is 336 cm³/mol. The molecule has 1 aromatic carbocycles. The van der Waals surface area contributed by atoms with E-state index in [1.807, 2.05) is 0 Å². The van der Waals surface area contributed by atoms with Crippen molar-refractivity contribution >= 4 is 88.7 Å². The maximum atomic E-state index is 15.7. The van der Waals surface area contributed by atoms with Crippen molar-refractivity contribution in [2.45, 2.75) is 152 Å². The van der Waals surface area contributed by atoms with Gasteiger partial charge in [-0.2, -0.15) is 0 Å². The third-order valence-corrected chi connectivity index (χ3v) is 26.3. The number of amides is 16. The quantitative estimate of drug-likeness (QED) is 0.0527. The molecule has 558 valence electrons. The van der Waals surface area contributed by atoms with Crippen molar-refractivity contribution in [3.05, 3.63) is 45.9 Å². The summed E-state index contributed by atoms with van der Waals surface area (Å²) in [6.07, 6.45) is -4.16. The van der Waals surface area contributed by atoms with Crippen LogP contribution in [0.25, 0.3) is 0 Å². The van der Waals surface area contributed by atoms with Crippen LogP contribution in [-0.4, -0.2) is 328 Å². The van der Waals surface area contributed by atoms with Gasteiger partial charge in [-0.25, -0.2) is 72.0 Å². The van der Waals surface area contributed by atoms with Gasteiger partial charge in [-0.3, -0.25) is 78.4 Å². The minimum absolute atomic E-state index is 0. The SMILES string of the molecule is CC12N3CC4=C(OCCCCS(=O)(=O)[O-])CCC(OCCCCS(=O)(=O)[O-])=C4CN1C(=O)N1CN4C(=O)N5CN6C(=O)N7CN8C(=O)N9Cc%10c(OCCCCS(=O)(=O)[O-])ccc(OCCCCS(=O)(=O)[O-])c%10CN%10C(=O)N(CN%11C(=O)N(CN%12C(=O)N(CN(C3=O)C12C)C4C%125)C6C%117)C8(C)C%109C.[Na+].[Na+].[Na+].[Na+]. The topological polar surface area (TPSA) is 454 Å². The molecule has 1 aliphatic carbocycles. The molecule has 106 heavy (non-hydrogen) atoms. The first kappa shape index (κ1) is 82.7. The van der Waals surface area contributed by atoms with Crippen molar-refractivity contribution in [3.63, 3.8) is 0 Å². The minimum Gasteiger partial charge on any atom is -0.748 e. The van der Waals surface area contributed by atoms with Gasteiger partial charge in [0.15, 0.2) is 47.3 Å². The molecule has 14 aliphatic rings. The molecule has 0 spiro atoms. The zero-order chi connectivity index (χ0) is 72.8. The summed E-state index contributed by atoms with van der Waals surface area (Å²) in [7, 11) is -18.1. The molecule has 16 amide bonds. The summed E-state index contributed by atoms with van der Waals surface area (Å²) >= 11 is 0. The van der Waals surface area contributed by atoms with Crippen LogP contribution in [0.2, 0.25) is 0 Å². The van der Waals surface area contributed by atoms with Crippen molar-refractivity contribution < 1.29 is 227 Å². The van der Waals surface area contributed by atoms with Crippen LogP contribution >= 0.6 is 0 Å². The number of unbranched alkanes of at least 4 members (excludes halogenated alkanes) is 4. The maximum Gasteiger partial charge on any atom is 1.00 e. The second-order valence-electron chi connectivity index (χ2n) is 28.3. The van der Waals surface area contributed by atoms with Crippen LogP contribution in [-0.2, 0) is 63.0 Å². The van der Waals surface area contributed by atoms with Crippen LogP contribution in [0.3, 0.4) is 0 Å². The fraction of sp³-hybridized carbons (Fsp3) is 0.690. The second kappa shape index (κ2) is 29.0. The molecule has 0 saturated carbocycles. The summed E-state index contributed by atoms with van der Waals surface area (Å²) in [4.78, 5) is 147. The summed E-state index contributed by atoms with van der Waals surface area (Å²) in [5, 5.41) is 0. The van der Waals surface area contributed by atoms with E-state index in [0.717, 1.165) is 0 Å². The number of fused-ring (bicyclic) bond motifs is 2. The van der Waals surface area contributed by atoms with Crippen LogP contribution in [0.4, 0.5) is 38.4 Å². The van der Waals surface area contributed by atoms with E-state index < -0.39 is 199 Å². The molecule has 13 heterocycles. The molecule has 48 heteroatoms. The molecule has 12 saturated heterocycles. The van der Waals surface area contributed by atoms with Crippen molar-refractivity contribution in [3.8, 4) is 11.5 Å². The molecule has 1 aromatic rings. The second-order valence-corrected chi connectivity index (χ2v) is 34.3.